The summed E-state index contributed by atoms with van der Waals surface area (Å²) in [5.41, 5.74) is 2.19. The van der Waals surface area contributed by atoms with Gasteiger partial charge >= 0.3 is 5.97 Å². The van der Waals surface area contributed by atoms with Gasteiger partial charge in [-0.25, -0.2) is 4.79 Å². The van der Waals surface area contributed by atoms with Crippen molar-refractivity contribution in [3.63, 3.8) is 0 Å². The second-order valence-corrected chi connectivity index (χ2v) is 5.53. The van der Waals surface area contributed by atoms with E-state index in [2.05, 4.69) is 5.32 Å². The van der Waals surface area contributed by atoms with Gasteiger partial charge in [0.2, 0.25) is 0 Å². The van der Waals surface area contributed by atoms with Crippen molar-refractivity contribution in [2.45, 2.75) is 6.92 Å². The third-order valence-electron chi connectivity index (χ3n) is 2.56. The molecule has 0 saturated carbocycles. The zero-order chi connectivity index (χ0) is 14.0. The highest BCUT2D eigenvalue weighted by Crippen LogP contribution is 2.37. The molecule has 2 aromatic rings. The molecule has 19 heavy (non-hydrogen) atoms. The predicted molar refractivity (Wildman–Crippen MR) is 80.1 cm³/mol. The second-order valence-electron chi connectivity index (χ2n) is 3.84. The van der Waals surface area contributed by atoms with Crippen LogP contribution in [0.5, 0.6) is 0 Å². The Morgan fingerprint density at radius 3 is 2.47 bits per heavy atom. The average Bonchev–Trinajstić information content (AvgIpc) is 2.74. The summed E-state index contributed by atoms with van der Waals surface area (Å²) < 4.78 is 4.75. The van der Waals surface area contributed by atoms with Crippen molar-refractivity contribution in [1.29, 1.82) is 0 Å². The first-order valence-corrected chi connectivity index (χ1v) is 7.05. The molecule has 2 rings (SSSR count). The van der Waals surface area contributed by atoms with Crippen LogP contribution in [-0.2, 0) is 4.74 Å². The number of hydrogen-bond donors (Lipinski definition) is 1. The van der Waals surface area contributed by atoms with E-state index in [4.69, 9.17) is 27.9 Å². The van der Waals surface area contributed by atoms with Crippen LogP contribution in [0, 0.1) is 6.92 Å². The molecule has 1 aromatic heterocycles. The number of thiophene rings is 1. The fraction of sp³-hybridized carbons (Fsp3) is 0.154. The summed E-state index contributed by atoms with van der Waals surface area (Å²) in [5.74, 6) is -0.385. The smallest absolute Gasteiger partial charge is 0.350 e. The number of hydrogen-bond acceptors (Lipinski definition) is 4. The zero-order valence-corrected chi connectivity index (χ0v) is 12.6. The van der Waals surface area contributed by atoms with E-state index in [1.54, 1.807) is 18.2 Å². The number of ether oxygens (including phenoxy) is 1. The molecule has 0 atom stereocenters. The van der Waals surface area contributed by atoms with Gasteiger partial charge in [0.1, 0.15) is 4.88 Å². The molecule has 3 nitrogen and oxygen atoms in total. The van der Waals surface area contributed by atoms with E-state index >= 15 is 0 Å². The van der Waals surface area contributed by atoms with E-state index in [9.17, 15) is 4.79 Å². The minimum Gasteiger partial charge on any atom is -0.465 e. The van der Waals surface area contributed by atoms with Gasteiger partial charge in [0, 0.05) is 0 Å². The number of nitrogens with one attached hydrogen (secondary N) is 1. The van der Waals surface area contributed by atoms with Gasteiger partial charge in [-0.1, -0.05) is 29.3 Å². The van der Waals surface area contributed by atoms with Crippen LogP contribution in [0.25, 0.3) is 0 Å². The maximum Gasteiger partial charge on any atom is 0.350 e. The SMILES string of the molecule is COC(=O)c1scc(C)c1Nc1c(Cl)cccc1Cl. The zero-order valence-electron chi connectivity index (χ0n) is 10.3. The topological polar surface area (TPSA) is 38.3 Å². The molecule has 0 amide bonds. The molecular formula is C13H11Cl2NO2S. The van der Waals surface area contributed by atoms with Crippen LogP contribution in [0.4, 0.5) is 11.4 Å². The van der Waals surface area contributed by atoms with Crippen LogP contribution in [0.3, 0.4) is 0 Å². The molecule has 0 fully saturated rings. The number of halogens is 2. The second kappa shape index (κ2) is 5.82. The number of carbonyl (C=O) groups is 1. The highest BCUT2D eigenvalue weighted by atomic mass is 35.5. The number of benzene rings is 1. The number of methoxy groups -OCH3 is 1. The van der Waals surface area contributed by atoms with Crippen LogP contribution in [0.2, 0.25) is 10.0 Å². The monoisotopic (exact) mass is 315 g/mol. The molecule has 0 aliphatic carbocycles. The first kappa shape index (κ1) is 14.2. The first-order valence-electron chi connectivity index (χ1n) is 5.42. The lowest BCUT2D eigenvalue weighted by molar-refractivity contribution is 0.0607. The molecule has 0 bridgehead atoms. The summed E-state index contributed by atoms with van der Waals surface area (Å²) in [6, 6.07) is 5.22. The summed E-state index contributed by atoms with van der Waals surface area (Å²) in [7, 11) is 1.35. The fourth-order valence-electron chi connectivity index (χ4n) is 1.58. The van der Waals surface area contributed by atoms with Gasteiger partial charge in [0.15, 0.2) is 0 Å². The van der Waals surface area contributed by atoms with E-state index in [0.29, 0.717) is 26.3 Å². The molecule has 0 unspecified atom stereocenters. The Bertz CT molecular complexity index is 605. The Balaban J connectivity index is 2.44. The largest absolute Gasteiger partial charge is 0.465 e. The van der Waals surface area contributed by atoms with E-state index in [1.165, 1.54) is 18.4 Å². The molecule has 1 aromatic carbocycles. The Hall–Kier alpha value is -1.23. The Morgan fingerprint density at radius 2 is 1.89 bits per heavy atom. The number of aryl methyl sites for hydroxylation is 1. The van der Waals surface area contributed by atoms with Crippen molar-refractivity contribution in [2.24, 2.45) is 0 Å². The summed E-state index contributed by atoms with van der Waals surface area (Å²) in [5, 5.41) is 5.98. The number of para-hydroxylation sites is 1. The van der Waals surface area contributed by atoms with Gasteiger partial charge in [-0.2, -0.15) is 0 Å². The van der Waals surface area contributed by atoms with Crippen LogP contribution in [0.15, 0.2) is 23.6 Å². The standard InChI is InChI=1S/C13H11Cl2NO2S/c1-7-6-19-12(13(17)18-2)10(7)16-11-8(14)4-3-5-9(11)15/h3-6,16H,1-2H3. The molecule has 0 saturated heterocycles. The first-order chi connectivity index (χ1) is 9.04. The fourth-order valence-corrected chi connectivity index (χ4v) is 3.00. The Kier molecular flexibility index (Phi) is 4.34. The van der Waals surface area contributed by atoms with Gasteiger partial charge in [-0.15, -0.1) is 11.3 Å². The maximum absolute atomic E-state index is 11.7. The lowest BCUT2D eigenvalue weighted by Gasteiger charge is -2.11. The molecular weight excluding hydrogens is 305 g/mol. The molecule has 1 heterocycles. The number of rotatable bonds is 3. The predicted octanol–water partition coefficient (Wildman–Crippen LogP) is 4.89. The minimum atomic E-state index is -0.385. The van der Waals surface area contributed by atoms with Crippen LogP contribution < -0.4 is 5.32 Å². The highest BCUT2D eigenvalue weighted by molar-refractivity contribution is 7.12. The summed E-state index contributed by atoms with van der Waals surface area (Å²) in [4.78, 5) is 12.2. The van der Waals surface area contributed by atoms with E-state index < -0.39 is 0 Å². The molecule has 1 N–H and O–H groups in total. The van der Waals surface area contributed by atoms with Crippen molar-refractivity contribution < 1.29 is 9.53 Å². The molecule has 0 aliphatic rings. The molecule has 0 radical (unpaired) electrons. The van der Waals surface area contributed by atoms with Crippen LogP contribution in [-0.4, -0.2) is 13.1 Å². The normalized spacial score (nSPS) is 10.3. The minimum absolute atomic E-state index is 0.385. The highest BCUT2D eigenvalue weighted by Gasteiger charge is 2.18. The Labute approximate surface area is 125 Å². The lowest BCUT2D eigenvalue weighted by Crippen LogP contribution is -2.03. The third-order valence-corrected chi connectivity index (χ3v) is 4.27. The van der Waals surface area contributed by atoms with Gasteiger partial charge in [-0.05, 0) is 30.0 Å². The van der Waals surface area contributed by atoms with Gasteiger partial charge in [0.25, 0.3) is 0 Å². The van der Waals surface area contributed by atoms with Crippen molar-refractivity contribution >= 4 is 51.9 Å². The summed E-state index contributed by atoms with van der Waals surface area (Å²) in [6.07, 6.45) is 0. The van der Waals surface area contributed by atoms with Crippen molar-refractivity contribution in [1.82, 2.24) is 0 Å². The lowest BCUT2D eigenvalue weighted by atomic mass is 10.2. The number of carbonyl (C=O) groups excluding carboxylic acids is 1. The van der Waals surface area contributed by atoms with Gasteiger partial charge < -0.3 is 10.1 Å². The molecule has 100 valence electrons. The van der Waals surface area contributed by atoms with Crippen LogP contribution >= 0.6 is 34.5 Å². The Morgan fingerprint density at radius 1 is 1.26 bits per heavy atom. The number of esters is 1. The van der Waals surface area contributed by atoms with Crippen LogP contribution in [0.1, 0.15) is 15.2 Å². The van der Waals surface area contributed by atoms with Gasteiger partial charge in [-0.3, -0.25) is 0 Å². The van der Waals surface area contributed by atoms with E-state index in [0.717, 1.165) is 5.56 Å². The number of anilines is 2. The average molecular weight is 316 g/mol. The van der Waals surface area contributed by atoms with E-state index in [-0.39, 0.29) is 5.97 Å². The van der Waals surface area contributed by atoms with Crippen molar-refractivity contribution in [3.8, 4) is 0 Å². The third kappa shape index (κ3) is 2.86. The molecule has 0 spiro atoms. The van der Waals surface area contributed by atoms with Crippen molar-refractivity contribution in [2.75, 3.05) is 12.4 Å². The van der Waals surface area contributed by atoms with Gasteiger partial charge in [0.05, 0.1) is 28.5 Å². The molecule has 0 aliphatic heterocycles. The maximum atomic E-state index is 11.7. The summed E-state index contributed by atoms with van der Waals surface area (Å²) >= 11 is 13.5. The van der Waals surface area contributed by atoms with E-state index in [1.807, 2.05) is 12.3 Å². The summed E-state index contributed by atoms with van der Waals surface area (Å²) in [6.45, 7) is 1.90. The quantitative estimate of drug-likeness (QED) is 0.819. The molecule has 6 heteroatoms. The van der Waals surface area contributed by atoms with Crippen molar-refractivity contribution in [3.05, 3.63) is 44.1 Å².